The Labute approximate surface area is 116 Å². The van der Waals surface area contributed by atoms with Gasteiger partial charge >= 0.3 is 0 Å². The number of nitrogens with one attached hydrogen (secondary N) is 1. The fourth-order valence-corrected chi connectivity index (χ4v) is 1.71. The molecule has 0 aliphatic rings. The van der Waals surface area contributed by atoms with Crippen LogP contribution in [-0.2, 0) is 4.79 Å². The Hall–Kier alpha value is -1.23. The Morgan fingerprint density at radius 2 is 1.94 bits per heavy atom. The van der Waals surface area contributed by atoms with Crippen molar-refractivity contribution in [3.05, 3.63) is 23.8 Å². The van der Waals surface area contributed by atoms with Crippen LogP contribution in [0.4, 0.5) is 0 Å². The summed E-state index contributed by atoms with van der Waals surface area (Å²) in [6.07, 6.45) is 0. The van der Waals surface area contributed by atoms with E-state index in [1.54, 1.807) is 27.2 Å². The highest BCUT2D eigenvalue weighted by Gasteiger charge is 2.17. The lowest BCUT2D eigenvalue weighted by Crippen LogP contribution is -2.31. The summed E-state index contributed by atoms with van der Waals surface area (Å²) < 4.78 is 10.4. The molecule has 4 nitrogen and oxygen atoms in total. The molecule has 0 aromatic heterocycles. The molecule has 18 heavy (non-hydrogen) atoms. The lowest BCUT2D eigenvalue weighted by Gasteiger charge is -2.18. The third kappa shape index (κ3) is 3.63. The Balaban J connectivity index is 2.91. The monoisotopic (exact) mass is 315 g/mol. The first kappa shape index (κ1) is 14.8. The van der Waals surface area contributed by atoms with Crippen molar-refractivity contribution >= 4 is 21.8 Å². The van der Waals surface area contributed by atoms with Gasteiger partial charge in [-0.15, -0.1) is 0 Å². The second kappa shape index (κ2) is 6.64. The lowest BCUT2D eigenvalue weighted by molar-refractivity contribution is -0.120. The first-order chi connectivity index (χ1) is 8.49. The summed E-state index contributed by atoms with van der Waals surface area (Å²) in [5.74, 6) is 1.37. The first-order valence-corrected chi connectivity index (χ1v) is 6.57. The predicted octanol–water partition coefficient (Wildman–Crippen LogP) is 2.66. The summed E-state index contributed by atoms with van der Waals surface area (Å²) in [4.78, 5) is 11.4. The van der Waals surface area contributed by atoms with Gasteiger partial charge in [0.2, 0.25) is 5.91 Å². The zero-order valence-corrected chi connectivity index (χ0v) is 12.6. The molecule has 0 aliphatic carbocycles. The van der Waals surface area contributed by atoms with Gasteiger partial charge in [0.1, 0.15) is 11.5 Å². The third-order valence-corrected chi connectivity index (χ3v) is 3.04. The summed E-state index contributed by atoms with van der Waals surface area (Å²) in [5, 5.41) is 2.90. The van der Waals surface area contributed by atoms with Gasteiger partial charge in [0.05, 0.1) is 25.1 Å². The van der Waals surface area contributed by atoms with Crippen molar-refractivity contribution in [2.75, 3.05) is 14.2 Å². The third-order valence-electron chi connectivity index (χ3n) is 2.63. The standard InChI is InChI=1S/C13H18BrNO3/c1-8(14)13(16)15-9(2)11-6-5-10(17-3)7-12(11)18-4/h5-9H,1-4H3,(H,15,16). The molecule has 1 rings (SSSR count). The van der Waals surface area contributed by atoms with Gasteiger partial charge in [0.15, 0.2) is 0 Å². The second-order valence-corrected chi connectivity index (χ2v) is 5.33. The minimum atomic E-state index is -0.218. The zero-order chi connectivity index (χ0) is 13.7. The molecule has 100 valence electrons. The number of carbonyl (C=O) groups is 1. The number of hydrogen-bond donors (Lipinski definition) is 1. The molecule has 2 unspecified atom stereocenters. The molecule has 1 amide bonds. The van der Waals surface area contributed by atoms with Gasteiger partial charge < -0.3 is 14.8 Å². The maximum Gasteiger partial charge on any atom is 0.233 e. The number of hydrogen-bond acceptors (Lipinski definition) is 3. The molecule has 1 aromatic rings. The van der Waals surface area contributed by atoms with Crippen LogP contribution in [0.5, 0.6) is 11.5 Å². The van der Waals surface area contributed by atoms with Gasteiger partial charge in [-0.3, -0.25) is 4.79 Å². The quantitative estimate of drug-likeness (QED) is 0.850. The maximum atomic E-state index is 11.6. The number of amides is 1. The van der Waals surface area contributed by atoms with Gasteiger partial charge in [0, 0.05) is 11.6 Å². The van der Waals surface area contributed by atoms with Crippen LogP contribution in [-0.4, -0.2) is 25.0 Å². The van der Waals surface area contributed by atoms with E-state index in [0.29, 0.717) is 5.75 Å². The largest absolute Gasteiger partial charge is 0.497 e. The van der Waals surface area contributed by atoms with E-state index in [-0.39, 0.29) is 16.8 Å². The van der Waals surface area contributed by atoms with Crippen LogP contribution in [0.3, 0.4) is 0 Å². The summed E-state index contributed by atoms with van der Waals surface area (Å²) in [5.41, 5.74) is 0.916. The molecule has 2 atom stereocenters. The molecule has 5 heteroatoms. The molecule has 0 saturated carbocycles. The molecule has 0 heterocycles. The summed E-state index contributed by atoms with van der Waals surface area (Å²) in [7, 11) is 3.20. The van der Waals surface area contributed by atoms with Crippen molar-refractivity contribution in [2.45, 2.75) is 24.7 Å². The van der Waals surface area contributed by atoms with Gasteiger partial charge in [-0.2, -0.15) is 0 Å². The van der Waals surface area contributed by atoms with Crippen molar-refractivity contribution in [2.24, 2.45) is 0 Å². The molecule has 1 aromatic carbocycles. The Bertz CT molecular complexity index is 421. The van der Waals surface area contributed by atoms with Crippen molar-refractivity contribution in [3.63, 3.8) is 0 Å². The van der Waals surface area contributed by atoms with Crippen LogP contribution in [0.2, 0.25) is 0 Å². The van der Waals surface area contributed by atoms with Crippen LogP contribution in [0.25, 0.3) is 0 Å². The minimum absolute atomic E-state index is 0.0552. The van der Waals surface area contributed by atoms with E-state index in [1.165, 1.54) is 0 Å². The molecule has 0 bridgehead atoms. The van der Waals surface area contributed by atoms with Crippen LogP contribution >= 0.6 is 15.9 Å². The number of methoxy groups -OCH3 is 2. The van der Waals surface area contributed by atoms with Gasteiger partial charge in [-0.1, -0.05) is 15.9 Å². The van der Waals surface area contributed by atoms with Crippen molar-refractivity contribution in [1.82, 2.24) is 5.32 Å². The average molecular weight is 316 g/mol. The van der Waals surface area contributed by atoms with E-state index in [1.807, 2.05) is 19.1 Å². The van der Waals surface area contributed by atoms with Crippen molar-refractivity contribution < 1.29 is 14.3 Å². The molecule has 0 fully saturated rings. The van der Waals surface area contributed by atoms with E-state index < -0.39 is 0 Å². The molecule has 0 aliphatic heterocycles. The highest BCUT2D eigenvalue weighted by atomic mass is 79.9. The van der Waals surface area contributed by atoms with Crippen LogP contribution in [0, 0.1) is 0 Å². The Kier molecular flexibility index (Phi) is 5.47. The number of carbonyl (C=O) groups excluding carboxylic acids is 1. The summed E-state index contributed by atoms with van der Waals surface area (Å²) in [6.45, 7) is 3.70. The molecular weight excluding hydrogens is 298 g/mol. The predicted molar refractivity (Wildman–Crippen MR) is 74.5 cm³/mol. The number of alkyl halides is 1. The molecule has 0 spiro atoms. The van der Waals surface area contributed by atoms with E-state index in [4.69, 9.17) is 9.47 Å². The highest BCUT2D eigenvalue weighted by Crippen LogP contribution is 2.29. The molecular formula is C13H18BrNO3. The Morgan fingerprint density at radius 1 is 1.28 bits per heavy atom. The van der Waals surface area contributed by atoms with Gasteiger partial charge in [0.25, 0.3) is 0 Å². The first-order valence-electron chi connectivity index (χ1n) is 5.66. The van der Waals surface area contributed by atoms with E-state index >= 15 is 0 Å². The van der Waals surface area contributed by atoms with E-state index in [0.717, 1.165) is 11.3 Å². The van der Waals surface area contributed by atoms with E-state index in [2.05, 4.69) is 21.2 Å². The SMILES string of the molecule is COc1ccc(C(C)NC(=O)C(C)Br)c(OC)c1. The molecule has 0 saturated heterocycles. The van der Waals surface area contributed by atoms with Crippen LogP contribution < -0.4 is 14.8 Å². The highest BCUT2D eigenvalue weighted by molar-refractivity contribution is 9.10. The zero-order valence-electron chi connectivity index (χ0n) is 11.0. The average Bonchev–Trinajstić information content (AvgIpc) is 2.37. The number of benzene rings is 1. The fraction of sp³-hybridized carbons (Fsp3) is 0.462. The van der Waals surface area contributed by atoms with Crippen LogP contribution in [0.15, 0.2) is 18.2 Å². The molecule has 1 N–H and O–H groups in total. The van der Waals surface area contributed by atoms with Gasteiger partial charge in [-0.05, 0) is 26.0 Å². The fourth-order valence-electron chi connectivity index (χ4n) is 1.58. The van der Waals surface area contributed by atoms with E-state index in [9.17, 15) is 4.79 Å². The Morgan fingerprint density at radius 3 is 2.44 bits per heavy atom. The van der Waals surface area contributed by atoms with Crippen molar-refractivity contribution in [3.8, 4) is 11.5 Å². The van der Waals surface area contributed by atoms with Gasteiger partial charge in [-0.25, -0.2) is 0 Å². The second-order valence-electron chi connectivity index (χ2n) is 3.95. The van der Waals surface area contributed by atoms with Crippen LogP contribution in [0.1, 0.15) is 25.5 Å². The topological polar surface area (TPSA) is 47.6 Å². The lowest BCUT2D eigenvalue weighted by atomic mass is 10.1. The molecule has 0 radical (unpaired) electrons. The number of halogens is 1. The summed E-state index contributed by atoms with van der Waals surface area (Å²) in [6, 6.07) is 5.41. The minimum Gasteiger partial charge on any atom is -0.497 e. The number of rotatable bonds is 5. The van der Waals surface area contributed by atoms with Crippen molar-refractivity contribution in [1.29, 1.82) is 0 Å². The smallest absolute Gasteiger partial charge is 0.233 e. The summed E-state index contributed by atoms with van der Waals surface area (Å²) >= 11 is 3.24. The maximum absolute atomic E-state index is 11.6. The number of ether oxygens (including phenoxy) is 2. The normalized spacial score (nSPS) is 13.6.